The van der Waals surface area contributed by atoms with Crippen molar-refractivity contribution in [2.24, 2.45) is 16.6 Å². The third-order valence-electron chi connectivity index (χ3n) is 5.49. The van der Waals surface area contributed by atoms with E-state index in [9.17, 15) is 0 Å². The van der Waals surface area contributed by atoms with Crippen LogP contribution in [0.3, 0.4) is 0 Å². The smallest absolute Gasteiger partial charge is 0.197 e. The van der Waals surface area contributed by atoms with E-state index in [0.717, 1.165) is 33.4 Å². The highest BCUT2D eigenvalue weighted by molar-refractivity contribution is 7.80. The lowest BCUT2D eigenvalue weighted by atomic mass is 9.75. The van der Waals surface area contributed by atoms with Crippen LogP contribution in [0.1, 0.15) is 17.0 Å². The Hall–Kier alpha value is -3.12. The lowest BCUT2D eigenvalue weighted by Crippen LogP contribution is -2.56. The number of methoxy groups -OCH3 is 1. The van der Waals surface area contributed by atoms with Crippen LogP contribution in [0.5, 0.6) is 11.5 Å². The predicted octanol–water partition coefficient (Wildman–Crippen LogP) is 3.56. The van der Waals surface area contributed by atoms with Gasteiger partial charge in [0.05, 0.1) is 13.0 Å². The Labute approximate surface area is 168 Å². The van der Waals surface area contributed by atoms with Crippen molar-refractivity contribution in [3.63, 3.8) is 0 Å². The standard InChI is InChI=1S/C22H19N3O2S/c1-26-14-9-6-13(7-10-14)17-18-15-5-3-2-4-12(15)8-11-16(18)27-21-19(17)20(23)24-22(28)25-21/h2-11,17,19,21H,1H3,(H3,23,24,25,28). The molecule has 140 valence electrons. The van der Waals surface area contributed by atoms with Gasteiger partial charge >= 0.3 is 0 Å². The Morgan fingerprint density at radius 1 is 1.07 bits per heavy atom. The molecule has 3 atom stereocenters. The number of hydrogen-bond donors (Lipinski definition) is 2. The highest BCUT2D eigenvalue weighted by atomic mass is 32.1. The van der Waals surface area contributed by atoms with Gasteiger partial charge in [0.1, 0.15) is 17.3 Å². The van der Waals surface area contributed by atoms with Crippen LogP contribution in [-0.2, 0) is 0 Å². The monoisotopic (exact) mass is 389 g/mol. The first kappa shape index (κ1) is 17.0. The van der Waals surface area contributed by atoms with Crippen LogP contribution < -0.4 is 20.5 Å². The molecule has 6 heteroatoms. The number of ether oxygens (including phenoxy) is 2. The molecule has 5 nitrogen and oxygen atoms in total. The van der Waals surface area contributed by atoms with Gasteiger partial charge in [-0.1, -0.05) is 42.5 Å². The van der Waals surface area contributed by atoms with E-state index >= 15 is 0 Å². The van der Waals surface area contributed by atoms with Crippen molar-refractivity contribution in [2.45, 2.75) is 12.1 Å². The first-order valence-corrected chi connectivity index (χ1v) is 9.53. The van der Waals surface area contributed by atoms with Gasteiger partial charge in [0.15, 0.2) is 11.3 Å². The summed E-state index contributed by atoms with van der Waals surface area (Å²) in [5, 5.41) is 5.85. The van der Waals surface area contributed by atoms with Crippen LogP contribution in [0.2, 0.25) is 0 Å². The summed E-state index contributed by atoms with van der Waals surface area (Å²) in [4.78, 5) is 4.34. The summed E-state index contributed by atoms with van der Waals surface area (Å²) in [7, 11) is 1.67. The molecule has 0 aromatic heterocycles. The second kappa shape index (κ2) is 6.49. The molecule has 0 radical (unpaired) electrons. The number of nitrogens with one attached hydrogen (secondary N) is 1. The van der Waals surface area contributed by atoms with Crippen molar-refractivity contribution < 1.29 is 9.47 Å². The first-order chi connectivity index (χ1) is 13.7. The Bertz CT molecular complexity index is 1110. The number of benzene rings is 3. The Morgan fingerprint density at radius 3 is 2.64 bits per heavy atom. The van der Waals surface area contributed by atoms with Crippen molar-refractivity contribution >= 4 is 33.9 Å². The molecule has 0 amide bonds. The van der Waals surface area contributed by atoms with Crippen LogP contribution in [0.15, 0.2) is 65.7 Å². The number of rotatable bonds is 2. The first-order valence-electron chi connectivity index (χ1n) is 9.12. The molecule has 0 spiro atoms. The Balaban J connectivity index is 1.77. The van der Waals surface area contributed by atoms with E-state index in [0.29, 0.717) is 10.9 Å². The van der Waals surface area contributed by atoms with E-state index in [1.807, 2.05) is 30.3 Å². The van der Waals surface area contributed by atoms with Gasteiger partial charge in [0.2, 0.25) is 0 Å². The average molecular weight is 389 g/mol. The minimum Gasteiger partial charge on any atom is -0.497 e. The fourth-order valence-corrected chi connectivity index (χ4v) is 4.46. The molecule has 2 aliphatic rings. The minimum atomic E-state index is -0.356. The van der Waals surface area contributed by atoms with Crippen LogP contribution >= 0.6 is 12.2 Å². The van der Waals surface area contributed by atoms with Crippen molar-refractivity contribution in [1.82, 2.24) is 5.32 Å². The molecule has 3 aromatic rings. The third-order valence-corrected chi connectivity index (χ3v) is 5.70. The maximum absolute atomic E-state index is 6.38. The second-order valence-corrected chi connectivity index (χ2v) is 7.39. The topological polar surface area (TPSA) is 68.9 Å². The van der Waals surface area contributed by atoms with Gasteiger partial charge in [0.25, 0.3) is 0 Å². The quantitative estimate of drug-likeness (QED) is 0.656. The molecule has 28 heavy (non-hydrogen) atoms. The molecule has 0 bridgehead atoms. The van der Waals surface area contributed by atoms with Gasteiger partial charge in [0, 0.05) is 11.5 Å². The summed E-state index contributed by atoms with van der Waals surface area (Å²) >= 11 is 5.24. The molecule has 0 aliphatic carbocycles. The molecular formula is C22H19N3O2S. The fraction of sp³-hybridized carbons (Fsp3) is 0.182. The van der Waals surface area contributed by atoms with Crippen molar-refractivity contribution in [2.75, 3.05) is 7.11 Å². The highest BCUT2D eigenvalue weighted by Gasteiger charge is 2.44. The molecule has 0 saturated heterocycles. The average Bonchev–Trinajstić information content (AvgIpc) is 2.72. The van der Waals surface area contributed by atoms with E-state index in [-0.39, 0.29) is 18.1 Å². The van der Waals surface area contributed by atoms with E-state index < -0.39 is 0 Å². The van der Waals surface area contributed by atoms with Gasteiger partial charge in [-0.2, -0.15) is 0 Å². The summed E-state index contributed by atoms with van der Waals surface area (Å²) < 4.78 is 11.6. The second-order valence-electron chi connectivity index (χ2n) is 7.00. The molecular weight excluding hydrogens is 370 g/mol. The molecule has 3 aromatic carbocycles. The van der Waals surface area contributed by atoms with Crippen LogP contribution in [-0.4, -0.2) is 24.3 Å². The van der Waals surface area contributed by atoms with E-state index in [2.05, 4.69) is 40.6 Å². The van der Waals surface area contributed by atoms with E-state index in [1.165, 1.54) is 0 Å². The molecule has 5 rings (SSSR count). The van der Waals surface area contributed by atoms with Crippen molar-refractivity contribution in [1.29, 1.82) is 0 Å². The van der Waals surface area contributed by atoms with Gasteiger partial charge in [-0.3, -0.25) is 0 Å². The SMILES string of the molecule is COc1ccc(C2c3c(ccc4ccccc34)OC3NC(=S)N=C(N)C32)cc1. The highest BCUT2D eigenvalue weighted by Crippen LogP contribution is 2.47. The van der Waals surface area contributed by atoms with Gasteiger partial charge in [-0.25, -0.2) is 4.99 Å². The maximum Gasteiger partial charge on any atom is 0.197 e. The molecule has 2 heterocycles. The van der Waals surface area contributed by atoms with Gasteiger partial charge in [-0.05, 0) is 46.8 Å². The molecule has 3 unspecified atom stereocenters. The van der Waals surface area contributed by atoms with Gasteiger partial charge < -0.3 is 20.5 Å². The van der Waals surface area contributed by atoms with Crippen LogP contribution in [0.4, 0.5) is 0 Å². The van der Waals surface area contributed by atoms with Crippen molar-refractivity contribution in [3.05, 3.63) is 71.8 Å². The number of hydrogen-bond acceptors (Lipinski definition) is 4. The Kier molecular flexibility index (Phi) is 3.94. The molecule has 0 fully saturated rings. The predicted molar refractivity (Wildman–Crippen MR) is 114 cm³/mol. The van der Waals surface area contributed by atoms with Gasteiger partial charge in [-0.15, -0.1) is 0 Å². The van der Waals surface area contributed by atoms with Crippen molar-refractivity contribution in [3.8, 4) is 11.5 Å². The van der Waals surface area contributed by atoms with Crippen LogP contribution in [0, 0.1) is 5.92 Å². The summed E-state index contributed by atoms with van der Waals surface area (Å²) in [5.41, 5.74) is 8.63. The molecule has 3 N–H and O–H groups in total. The molecule has 0 saturated carbocycles. The zero-order valence-electron chi connectivity index (χ0n) is 15.3. The number of fused-ring (bicyclic) bond motifs is 4. The lowest BCUT2D eigenvalue weighted by Gasteiger charge is -2.42. The summed E-state index contributed by atoms with van der Waals surface area (Å²) in [6, 6.07) is 20.5. The number of nitrogens with two attached hydrogens (primary N) is 1. The largest absolute Gasteiger partial charge is 0.497 e. The normalized spacial score (nSPS) is 23.1. The summed E-state index contributed by atoms with van der Waals surface area (Å²) in [6.45, 7) is 0. The summed E-state index contributed by atoms with van der Waals surface area (Å²) in [5.74, 6) is 1.96. The number of thiocarbonyl (C=S) groups is 1. The zero-order valence-corrected chi connectivity index (χ0v) is 16.1. The zero-order chi connectivity index (χ0) is 19.3. The Morgan fingerprint density at radius 2 is 1.86 bits per heavy atom. The number of nitrogens with zero attached hydrogens (tertiary/aromatic N) is 1. The van der Waals surface area contributed by atoms with Crippen LogP contribution in [0.25, 0.3) is 10.8 Å². The molecule has 2 aliphatic heterocycles. The fourth-order valence-electron chi connectivity index (χ4n) is 4.24. The minimum absolute atomic E-state index is 0.0230. The number of amidine groups is 1. The van der Waals surface area contributed by atoms with E-state index in [4.69, 9.17) is 27.4 Å². The summed E-state index contributed by atoms with van der Waals surface area (Å²) in [6.07, 6.45) is -0.356. The maximum atomic E-state index is 6.38. The third kappa shape index (κ3) is 2.60. The lowest BCUT2D eigenvalue weighted by molar-refractivity contribution is 0.119. The van der Waals surface area contributed by atoms with E-state index in [1.54, 1.807) is 7.11 Å². The number of aliphatic imine (C=N–C) groups is 1.